The van der Waals surface area contributed by atoms with Crippen LogP contribution in [0.15, 0.2) is 73.1 Å². The molecule has 0 aliphatic carbocycles. The SMILES string of the molecule is COc1ccc(Cl)cc1-c1c(F)ccc2c(N3CCOCC3)c(NC(=O)c3ccnc4ccccc34)cnc12. The minimum atomic E-state index is -0.455. The first-order valence-corrected chi connectivity index (χ1v) is 12.9. The molecule has 39 heavy (non-hydrogen) atoms. The number of para-hydroxylation sites is 1. The van der Waals surface area contributed by atoms with Gasteiger partial charge in [-0.1, -0.05) is 29.8 Å². The van der Waals surface area contributed by atoms with Gasteiger partial charge in [0.25, 0.3) is 5.91 Å². The summed E-state index contributed by atoms with van der Waals surface area (Å²) in [6.45, 7) is 2.27. The third-order valence-electron chi connectivity index (χ3n) is 6.86. The van der Waals surface area contributed by atoms with Gasteiger partial charge in [0.05, 0.1) is 54.5 Å². The Balaban J connectivity index is 1.53. The van der Waals surface area contributed by atoms with E-state index in [0.717, 1.165) is 16.6 Å². The highest BCUT2D eigenvalue weighted by molar-refractivity contribution is 6.31. The highest BCUT2D eigenvalue weighted by atomic mass is 35.5. The first-order chi connectivity index (χ1) is 19.0. The number of aromatic nitrogens is 2. The van der Waals surface area contributed by atoms with Crippen molar-refractivity contribution < 1.29 is 18.7 Å². The van der Waals surface area contributed by atoms with Gasteiger partial charge in [0, 0.05) is 46.2 Å². The molecular weight excluding hydrogens is 519 g/mol. The van der Waals surface area contributed by atoms with Crippen LogP contribution >= 0.6 is 11.6 Å². The largest absolute Gasteiger partial charge is 0.496 e. The van der Waals surface area contributed by atoms with Gasteiger partial charge >= 0.3 is 0 Å². The number of morpholine rings is 1. The Bertz CT molecular complexity index is 1720. The summed E-state index contributed by atoms with van der Waals surface area (Å²) in [5, 5.41) is 4.95. The third-order valence-corrected chi connectivity index (χ3v) is 7.10. The number of hydrogen-bond acceptors (Lipinski definition) is 6. The van der Waals surface area contributed by atoms with Crippen molar-refractivity contribution >= 4 is 50.7 Å². The Hall–Kier alpha value is -4.27. The lowest BCUT2D eigenvalue weighted by Gasteiger charge is -2.31. The van der Waals surface area contributed by atoms with Gasteiger partial charge in [0.1, 0.15) is 11.6 Å². The maximum Gasteiger partial charge on any atom is 0.256 e. The van der Waals surface area contributed by atoms with E-state index in [9.17, 15) is 4.79 Å². The van der Waals surface area contributed by atoms with Crippen molar-refractivity contribution in [1.82, 2.24) is 9.97 Å². The summed E-state index contributed by atoms with van der Waals surface area (Å²) >= 11 is 6.29. The number of fused-ring (bicyclic) bond motifs is 2. The minimum absolute atomic E-state index is 0.277. The Kier molecular flexibility index (Phi) is 6.72. The standard InChI is InChI=1S/C30H24ClFN4O3/c1-38-26-9-6-18(31)16-22(26)27-23(32)8-7-21-28(27)34-17-25(29(21)36-12-14-39-15-13-36)35-30(37)20-10-11-33-24-5-3-2-4-19(20)24/h2-11,16-17H,12-15H2,1H3,(H,35,37). The lowest BCUT2D eigenvalue weighted by Crippen LogP contribution is -2.37. The van der Waals surface area contributed by atoms with E-state index in [1.165, 1.54) is 13.2 Å². The van der Waals surface area contributed by atoms with Gasteiger partial charge in [-0.2, -0.15) is 0 Å². The molecular formula is C30H24ClFN4O3. The van der Waals surface area contributed by atoms with Crippen LogP contribution in [0.3, 0.4) is 0 Å². The lowest BCUT2D eigenvalue weighted by molar-refractivity contribution is 0.102. The van der Waals surface area contributed by atoms with Gasteiger partial charge < -0.3 is 19.7 Å². The molecule has 0 saturated carbocycles. The van der Waals surface area contributed by atoms with Gasteiger partial charge in [-0.3, -0.25) is 14.8 Å². The number of hydrogen-bond donors (Lipinski definition) is 1. The van der Waals surface area contributed by atoms with Crippen LogP contribution in [0.25, 0.3) is 32.9 Å². The number of methoxy groups -OCH3 is 1. The maximum absolute atomic E-state index is 15.5. The monoisotopic (exact) mass is 542 g/mol. The van der Waals surface area contributed by atoms with Gasteiger partial charge in [-0.15, -0.1) is 0 Å². The van der Waals surface area contributed by atoms with E-state index in [0.29, 0.717) is 64.8 Å². The molecule has 9 heteroatoms. The molecule has 0 unspecified atom stereocenters. The summed E-state index contributed by atoms with van der Waals surface area (Å²) < 4.78 is 26.6. The second kappa shape index (κ2) is 10.5. The van der Waals surface area contributed by atoms with E-state index in [4.69, 9.17) is 21.1 Å². The summed E-state index contributed by atoms with van der Waals surface area (Å²) in [5.74, 6) is -0.269. The van der Waals surface area contributed by atoms with Crippen LogP contribution in [0, 0.1) is 5.82 Å². The molecule has 0 spiro atoms. The average Bonchev–Trinajstić information content (AvgIpc) is 2.97. The second-order valence-electron chi connectivity index (χ2n) is 9.11. The molecule has 1 N–H and O–H groups in total. The number of carbonyl (C=O) groups excluding carboxylic acids is 1. The zero-order chi connectivity index (χ0) is 26.9. The number of amides is 1. The lowest BCUT2D eigenvalue weighted by atomic mass is 9.98. The Morgan fingerprint density at radius 1 is 1.05 bits per heavy atom. The summed E-state index contributed by atoms with van der Waals surface area (Å²) in [4.78, 5) is 24.7. The van der Waals surface area contributed by atoms with E-state index in [1.54, 1.807) is 42.7 Å². The van der Waals surface area contributed by atoms with Crippen LogP contribution in [0.2, 0.25) is 5.02 Å². The number of ether oxygens (including phenoxy) is 2. The fourth-order valence-electron chi connectivity index (χ4n) is 5.06. The smallest absolute Gasteiger partial charge is 0.256 e. The van der Waals surface area contributed by atoms with E-state index in [2.05, 4.69) is 20.2 Å². The molecule has 3 heterocycles. The van der Waals surface area contributed by atoms with E-state index in [-0.39, 0.29) is 11.5 Å². The minimum Gasteiger partial charge on any atom is -0.496 e. The number of pyridine rings is 2. The fraction of sp³-hybridized carbons (Fsp3) is 0.167. The van der Waals surface area contributed by atoms with Crippen molar-refractivity contribution in [3.05, 3.63) is 89.5 Å². The number of halogens is 2. The van der Waals surface area contributed by atoms with Crippen LogP contribution in [0.1, 0.15) is 10.4 Å². The number of benzene rings is 3. The molecule has 1 amide bonds. The van der Waals surface area contributed by atoms with Crippen LogP contribution in [0.4, 0.5) is 15.8 Å². The molecule has 6 rings (SSSR count). The molecule has 3 aromatic carbocycles. The first kappa shape index (κ1) is 25.0. The summed E-state index contributed by atoms with van der Waals surface area (Å²) in [6, 6.07) is 17.3. The van der Waals surface area contributed by atoms with Gasteiger partial charge in [-0.05, 0) is 42.5 Å². The van der Waals surface area contributed by atoms with Crippen molar-refractivity contribution in [3.63, 3.8) is 0 Å². The quantitative estimate of drug-likeness (QED) is 0.279. The number of nitrogens with one attached hydrogen (secondary N) is 1. The summed E-state index contributed by atoms with van der Waals surface area (Å²) in [6.07, 6.45) is 3.20. The molecule has 1 aliphatic rings. The van der Waals surface area contributed by atoms with Crippen LogP contribution in [-0.2, 0) is 4.74 Å². The molecule has 0 atom stereocenters. The van der Waals surface area contributed by atoms with E-state index < -0.39 is 5.82 Å². The highest BCUT2D eigenvalue weighted by Crippen LogP contribution is 2.42. The highest BCUT2D eigenvalue weighted by Gasteiger charge is 2.24. The number of anilines is 2. The molecule has 1 saturated heterocycles. The van der Waals surface area contributed by atoms with Gasteiger partial charge in [0.2, 0.25) is 0 Å². The fourth-order valence-corrected chi connectivity index (χ4v) is 5.23. The molecule has 5 aromatic rings. The Morgan fingerprint density at radius 2 is 1.87 bits per heavy atom. The number of rotatable bonds is 5. The number of nitrogens with zero attached hydrogens (tertiary/aromatic N) is 3. The maximum atomic E-state index is 15.5. The predicted octanol–water partition coefficient (Wildman–Crippen LogP) is 6.34. The number of carbonyl (C=O) groups is 1. The van der Waals surface area contributed by atoms with Crippen molar-refractivity contribution in [2.45, 2.75) is 0 Å². The molecule has 0 bridgehead atoms. The summed E-state index contributed by atoms with van der Waals surface area (Å²) in [7, 11) is 1.53. The van der Waals surface area contributed by atoms with Crippen molar-refractivity contribution in [1.29, 1.82) is 0 Å². The normalized spacial score (nSPS) is 13.6. The van der Waals surface area contributed by atoms with Crippen molar-refractivity contribution in [2.75, 3.05) is 43.6 Å². The predicted molar refractivity (Wildman–Crippen MR) is 151 cm³/mol. The van der Waals surface area contributed by atoms with Crippen molar-refractivity contribution in [3.8, 4) is 16.9 Å². The van der Waals surface area contributed by atoms with Gasteiger partial charge in [-0.25, -0.2) is 4.39 Å². The molecule has 1 fully saturated rings. The van der Waals surface area contributed by atoms with Gasteiger partial charge in [0.15, 0.2) is 0 Å². The van der Waals surface area contributed by atoms with E-state index in [1.807, 2.05) is 24.3 Å². The Morgan fingerprint density at radius 3 is 2.69 bits per heavy atom. The summed E-state index contributed by atoms with van der Waals surface area (Å²) in [5.41, 5.74) is 3.70. The third kappa shape index (κ3) is 4.62. The van der Waals surface area contributed by atoms with Crippen LogP contribution < -0.4 is 15.0 Å². The first-order valence-electron chi connectivity index (χ1n) is 12.5. The second-order valence-corrected chi connectivity index (χ2v) is 9.55. The molecule has 0 radical (unpaired) electrons. The van der Waals surface area contributed by atoms with E-state index >= 15 is 4.39 Å². The molecule has 2 aromatic heterocycles. The van der Waals surface area contributed by atoms with Crippen LogP contribution in [-0.4, -0.2) is 49.3 Å². The topological polar surface area (TPSA) is 76.6 Å². The zero-order valence-electron chi connectivity index (χ0n) is 21.1. The van der Waals surface area contributed by atoms with Crippen molar-refractivity contribution in [2.24, 2.45) is 0 Å². The molecule has 196 valence electrons. The average molecular weight is 543 g/mol. The molecule has 1 aliphatic heterocycles. The zero-order valence-corrected chi connectivity index (χ0v) is 21.8. The Labute approximate surface area is 229 Å². The molecule has 7 nitrogen and oxygen atoms in total. The van der Waals surface area contributed by atoms with Crippen LogP contribution in [0.5, 0.6) is 5.75 Å².